The summed E-state index contributed by atoms with van der Waals surface area (Å²) in [4.78, 5) is 13.3. The number of hydrogen-bond acceptors (Lipinski definition) is 4. The summed E-state index contributed by atoms with van der Waals surface area (Å²) in [6.07, 6.45) is 1.23. The first-order valence-electron chi connectivity index (χ1n) is 6.98. The zero-order valence-corrected chi connectivity index (χ0v) is 12.6. The van der Waals surface area contributed by atoms with Gasteiger partial charge in [-0.2, -0.15) is 0 Å². The lowest BCUT2D eigenvalue weighted by Crippen LogP contribution is -2.46. The van der Waals surface area contributed by atoms with Crippen LogP contribution in [0, 0.1) is 0 Å². The molecule has 0 bridgehead atoms. The van der Waals surface area contributed by atoms with E-state index in [0.717, 1.165) is 12.0 Å². The highest BCUT2D eigenvalue weighted by atomic mass is 32.2. The van der Waals surface area contributed by atoms with Crippen molar-refractivity contribution in [3.63, 3.8) is 0 Å². The number of benzene rings is 1. The van der Waals surface area contributed by atoms with Crippen LogP contribution in [-0.4, -0.2) is 38.1 Å². The molecule has 0 aromatic heterocycles. The minimum Gasteiger partial charge on any atom is -0.393 e. The molecule has 7 heteroatoms. The van der Waals surface area contributed by atoms with Crippen LogP contribution in [0.4, 0.5) is 5.69 Å². The molecular formula is C14H18N2O4S. The second-order valence-electron chi connectivity index (χ2n) is 5.65. The summed E-state index contributed by atoms with van der Waals surface area (Å²) in [7, 11) is -3.61. The number of carbonyl (C=O) groups is 1. The maximum atomic E-state index is 12.3. The van der Waals surface area contributed by atoms with Crippen LogP contribution in [0.25, 0.3) is 0 Å². The lowest BCUT2D eigenvalue weighted by molar-refractivity contribution is -0.116. The van der Waals surface area contributed by atoms with Gasteiger partial charge in [0.15, 0.2) is 0 Å². The van der Waals surface area contributed by atoms with Crippen molar-refractivity contribution in [2.75, 3.05) is 11.4 Å². The Balaban J connectivity index is 1.86. The first kappa shape index (κ1) is 14.5. The average Bonchev–Trinajstić information content (AvgIpc) is 2.79. The SMILES string of the molecule is CC(=O)N1CCc2ccc(S(=O)(=O)NC3CC(O)C3)cc21. The van der Waals surface area contributed by atoms with E-state index in [2.05, 4.69) is 4.72 Å². The molecule has 0 radical (unpaired) electrons. The Morgan fingerprint density at radius 1 is 1.38 bits per heavy atom. The number of aliphatic hydroxyl groups is 1. The van der Waals surface area contributed by atoms with Crippen LogP contribution in [-0.2, 0) is 21.2 Å². The molecule has 1 aliphatic heterocycles. The van der Waals surface area contributed by atoms with Crippen molar-refractivity contribution in [2.45, 2.75) is 43.2 Å². The minimum atomic E-state index is -3.61. The summed E-state index contributed by atoms with van der Waals surface area (Å²) in [6, 6.07) is 4.69. The Morgan fingerprint density at radius 3 is 2.71 bits per heavy atom. The van der Waals surface area contributed by atoms with Crippen LogP contribution in [0.5, 0.6) is 0 Å². The van der Waals surface area contributed by atoms with Gasteiger partial charge in [-0.15, -0.1) is 0 Å². The molecular weight excluding hydrogens is 292 g/mol. The zero-order valence-electron chi connectivity index (χ0n) is 11.7. The van der Waals surface area contributed by atoms with Crippen molar-refractivity contribution in [3.8, 4) is 0 Å². The molecule has 1 aromatic rings. The number of anilines is 1. The normalized spacial score (nSPS) is 24.6. The summed E-state index contributed by atoms with van der Waals surface area (Å²) in [5.74, 6) is -0.0848. The molecule has 6 nitrogen and oxygen atoms in total. The van der Waals surface area contributed by atoms with Gasteiger partial charge in [-0.1, -0.05) is 6.07 Å². The van der Waals surface area contributed by atoms with Gasteiger partial charge in [0.1, 0.15) is 0 Å². The zero-order chi connectivity index (χ0) is 15.2. The molecule has 1 aliphatic carbocycles. The highest BCUT2D eigenvalue weighted by molar-refractivity contribution is 7.89. The van der Waals surface area contributed by atoms with Crippen molar-refractivity contribution in [3.05, 3.63) is 23.8 Å². The maximum absolute atomic E-state index is 12.3. The molecule has 1 fully saturated rings. The number of rotatable bonds is 3. The molecule has 1 amide bonds. The highest BCUT2D eigenvalue weighted by Gasteiger charge is 2.32. The monoisotopic (exact) mass is 310 g/mol. The summed E-state index contributed by atoms with van der Waals surface area (Å²) in [6.45, 7) is 2.07. The molecule has 1 heterocycles. The maximum Gasteiger partial charge on any atom is 0.240 e. The number of hydrogen-bond donors (Lipinski definition) is 2. The smallest absolute Gasteiger partial charge is 0.240 e. The van der Waals surface area contributed by atoms with E-state index in [0.29, 0.717) is 25.1 Å². The van der Waals surface area contributed by atoms with Crippen LogP contribution in [0.15, 0.2) is 23.1 Å². The number of sulfonamides is 1. The summed E-state index contributed by atoms with van der Waals surface area (Å²) < 4.78 is 27.2. The fraction of sp³-hybridized carbons (Fsp3) is 0.500. The molecule has 21 heavy (non-hydrogen) atoms. The third-order valence-corrected chi connectivity index (χ3v) is 5.60. The van der Waals surface area contributed by atoms with Gasteiger partial charge in [-0.05, 0) is 37.0 Å². The second kappa shape index (κ2) is 5.08. The summed E-state index contributed by atoms with van der Waals surface area (Å²) in [5, 5.41) is 9.23. The van der Waals surface area contributed by atoms with E-state index in [9.17, 15) is 18.3 Å². The van der Waals surface area contributed by atoms with Gasteiger partial charge in [-0.25, -0.2) is 13.1 Å². The van der Waals surface area contributed by atoms with Gasteiger partial charge in [0.05, 0.1) is 11.0 Å². The largest absolute Gasteiger partial charge is 0.393 e. The number of aliphatic hydroxyl groups excluding tert-OH is 1. The summed E-state index contributed by atoms with van der Waals surface area (Å²) in [5.41, 5.74) is 1.67. The molecule has 3 rings (SSSR count). The van der Waals surface area contributed by atoms with Crippen molar-refractivity contribution in [2.24, 2.45) is 0 Å². The van der Waals surface area contributed by atoms with E-state index >= 15 is 0 Å². The van der Waals surface area contributed by atoms with E-state index in [1.165, 1.54) is 6.92 Å². The quantitative estimate of drug-likeness (QED) is 0.846. The van der Waals surface area contributed by atoms with Gasteiger partial charge in [0.2, 0.25) is 15.9 Å². The van der Waals surface area contributed by atoms with E-state index in [1.807, 2.05) is 0 Å². The molecule has 0 spiro atoms. The molecule has 2 N–H and O–H groups in total. The number of amides is 1. The Kier molecular flexibility index (Phi) is 3.51. The van der Waals surface area contributed by atoms with Gasteiger partial charge in [0, 0.05) is 25.2 Å². The number of nitrogens with one attached hydrogen (secondary N) is 1. The Bertz CT molecular complexity index is 680. The van der Waals surface area contributed by atoms with Crippen LogP contribution >= 0.6 is 0 Å². The van der Waals surface area contributed by atoms with E-state index in [-0.39, 0.29) is 16.8 Å². The molecule has 1 aromatic carbocycles. The lowest BCUT2D eigenvalue weighted by Gasteiger charge is -2.31. The van der Waals surface area contributed by atoms with Crippen molar-refractivity contribution < 1.29 is 18.3 Å². The molecule has 114 valence electrons. The number of nitrogens with zero attached hydrogens (tertiary/aromatic N) is 1. The molecule has 2 aliphatic rings. The predicted octanol–water partition coefficient (Wildman–Crippen LogP) is 0.397. The van der Waals surface area contributed by atoms with Crippen LogP contribution in [0.2, 0.25) is 0 Å². The standard InChI is InChI=1S/C14H18N2O4S/c1-9(17)16-5-4-10-2-3-13(8-14(10)16)21(19,20)15-11-6-12(18)7-11/h2-3,8,11-12,15,18H,4-7H2,1H3. The first-order valence-corrected chi connectivity index (χ1v) is 8.46. The number of carbonyl (C=O) groups excluding carboxylic acids is 1. The second-order valence-corrected chi connectivity index (χ2v) is 7.37. The Hall–Kier alpha value is -1.44. The fourth-order valence-electron chi connectivity index (χ4n) is 2.82. The first-order chi connectivity index (χ1) is 9.87. The Labute approximate surface area is 123 Å². The van der Waals surface area contributed by atoms with Crippen LogP contribution in [0.1, 0.15) is 25.3 Å². The third-order valence-electron chi connectivity index (χ3n) is 4.08. The minimum absolute atomic E-state index is 0.0848. The lowest BCUT2D eigenvalue weighted by atomic mass is 9.91. The average molecular weight is 310 g/mol. The Morgan fingerprint density at radius 2 is 2.10 bits per heavy atom. The topological polar surface area (TPSA) is 86.7 Å². The molecule has 1 saturated carbocycles. The molecule has 0 atom stereocenters. The molecule has 0 saturated heterocycles. The van der Waals surface area contributed by atoms with Crippen LogP contribution in [0.3, 0.4) is 0 Å². The van der Waals surface area contributed by atoms with Gasteiger partial charge in [-0.3, -0.25) is 4.79 Å². The van der Waals surface area contributed by atoms with Crippen molar-refractivity contribution in [1.82, 2.24) is 4.72 Å². The van der Waals surface area contributed by atoms with E-state index in [1.54, 1.807) is 23.1 Å². The van der Waals surface area contributed by atoms with Crippen molar-refractivity contribution >= 4 is 21.6 Å². The number of fused-ring (bicyclic) bond motifs is 1. The van der Waals surface area contributed by atoms with Gasteiger partial charge < -0.3 is 10.0 Å². The fourth-order valence-corrected chi connectivity index (χ4v) is 4.11. The third kappa shape index (κ3) is 2.68. The summed E-state index contributed by atoms with van der Waals surface area (Å²) >= 11 is 0. The molecule has 0 unspecified atom stereocenters. The van der Waals surface area contributed by atoms with Crippen LogP contribution < -0.4 is 9.62 Å². The predicted molar refractivity (Wildman–Crippen MR) is 77.5 cm³/mol. The van der Waals surface area contributed by atoms with E-state index < -0.39 is 16.1 Å². The van der Waals surface area contributed by atoms with Gasteiger partial charge in [0.25, 0.3) is 0 Å². The van der Waals surface area contributed by atoms with Crippen molar-refractivity contribution in [1.29, 1.82) is 0 Å². The van der Waals surface area contributed by atoms with E-state index in [4.69, 9.17) is 0 Å². The highest BCUT2D eigenvalue weighted by Crippen LogP contribution is 2.31. The van der Waals surface area contributed by atoms with Gasteiger partial charge >= 0.3 is 0 Å².